The first-order valence-corrected chi connectivity index (χ1v) is 7.41. The van der Waals surface area contributed by atoms with E-state index in [0.29, 0.717) is 0 Å². The van der Waals surface area contributed by atoms with Crippen LogP contribution in [0.3, 0.4) is 0 Å². The number of benzene rings is 1. The smallest absolute Gasteiger partial charge is 0.303 e. The highest BCUT2D eigenvalue weighted by atomic mass is 16.4. The van der Waals surface area contributed by atoms with Crippen LogP contribution in [0, 0.1) is 0 Å². The second-order valence-corrected chi connectivity index (χ2v) is 6.01. The quantitative estimate of drug-likeness (QED) is 0.915. The van der Waals surface area contributed by atoms with Crippen molar-refractivity contribution in [2.24, 2.45) is 0 Å². The van der Waals surface area contributed by atoms with Crippen LogP contribution in [0.5, 0.6) is 0 Å². The van der Waals surface area contributed by atoms with E-state index in [4.69, 9.17) is 5.11 Å². The maximum atomic E-state index is 10.9. The minimum absolute atomic E-state index is 0.212. The van der Waals surface area contributed by atoms with Gasteiger partial charge in [0.2, 0.25) is 0 Å². The zero-order valence-electron chi connectivity index (χ0n) is 12.0. The molecule has 1 heterocycles. The van der Waals surface area contributed by atoms with Gasteiger partial charge in [-0.25, -0.2) is 0 Å². The van der Waals surface area contributed by atoms with Crippen molar-refractivity contribution in [3.05, 3.63) is 29.3 Å². The summed E-state index contributed by atoms with van der Waals surface area (Å²) in [7, 11) is 2.16. The SMILES string of the molecule is CN1CCN(c2ccc3c(c2)CCC3CC(=O)O)CC1. The van der Waals surface area contributed by atoms with E-state index in [0.717, 1.165) is 39.0 Å². The van der Waals surface area contributed by atoms with Gasteiger partial charge in [-0.3, -0.25) is 4.79 Å². The van der Waals surface area contributed by atoms with E-state index in [2.05, 4.69) is 35.0 Å². The number of likely N-dealkylation sites (N-methyl/N-ethyl adjacent to an activating group) is 1. The second kappa shape index (κ2) is 5.44. The summed E-state index contributed by atoms with van der Waals surface area (Å²) < 4.78 is 0. The predicted molar refractivity (Wildman–Crippen MR) is 79.5 cm³/mol. The van der Waals surface area contributed by atoms with Crippen LogP contribution in [0.2, 0.25) is 0 Å². The number of rotatable bonds is 3. The fraction of sp³-hybridized carbons (Fsp3) is 0.562. The van der Waals surface area contributed by atoms with Crippen molar-refractivity contribution in [3.8, 4) is 0 Å². The number of fused-ring (bicyclic) bond motifs is 1. The van der Waals surface area contributed by atoms with E-state index in [1.165, 1.54) is 16.8 Å². The Bertz CT molecular complexity index is 507. The van der Waals surface area contributed by atoms with Gasteiger partial charge in [-0.2, -0.15) is 0 Å². The molecule has 1 aromatic carbocycles. The van der Waals surface area contributed by atoms with E-state index in [1.807, 2.05) is 0 Å². The molecule has 1 atom stereocenters. The molecular formula is C16H22N2O2. The Morgan fingerprint density at radius 1 is 1.30 bits per heavy atom. The first kappa shape index (κ1) is 13.4. The number of hydrogen-bond acceptors (Lipinski definition) is 3. The summed E-state index contributed by atoms with van der Waals surface area (Å²) >= 11 is 0. The van der Waals surface area contributed by atoms with Crippen LogP contribution >= 0.6 is 0 Å². The van der Waals surface area contributed by atoms with E-state index < -0.39 is 5.97 Å². The van der Waals surface area contributed by atoms with Gasteiger partial charge in [0.15, 0.2) is 0 Å². The number of piperazine rings is 1. The van der Waals surface area contributed by atoms with Crippen molar-refractivity contribution in [3.63, 3.8) is 0 Å². The van der Waals surface area contributed by atoms with E-state index >= 15 is 0 Å². The highest BCUT2D eigenvalue weighted by Gasteiger charge is 2.25. The first-order valence-electron chi connectivity index (χ1n) is 7.41. The highest BCUT2D eigenvalue weighted by molar-refractivity contribution is 5.68. The van der Waals surface area contributed by atoms with Crippen LogP contribution in [-0.2, 0) is 11.2 Å². The first-order chi connectivity index (χ1) is 9.63. The Kier molecular flexibility index (Phi) is 3.66. The Labute approximate surface area is 120 Å². The number of carboxylic acids is 1. The number of carbonyl (C=O) groups is 1. The van der Waals surface area contributed by atoms with Crippen molar-refractivity contribution in [2.45, 2.75) is 25.2 Å². The van der Waals surface area contributed by atoms with Crippen LogP contribution in [0.25, 0.3) is 0 Å². The van der Waals surface area contributed by atoms with Crippen molar-refractivity contribution in [2.75, 3.05) is 38.1 Å². The monoisotopic (exact) mass is 274 g/mol. The summed E-state index contributed by atoms with van der Waals surface area (Å²) in [5.41, 5.74) is 3.91. The average Bonchev–Trinajstić information content (AvgIpc) is 2.81. The fourth-order valence-electron chi connectivity index (χ4n) is 3.38. The number of carboxylic acid groups (broad SMARTS) is 1. The second-order valence-electron chi connectivity index (χ2n) is 6.01. The average molecular weight is 274 g/mol. The van der Waals surface area contributed by atoms with Gasteiger partial charge in [-0.15, -0.1) is 0 Å². The third-order valence-electron chi connectivity index (χ3n) is 4.62. The maximum Gasteiger partial charge on any atom is 0.303 e. The lowest BCUT2D eigenvalue weighted by atomic mass is 9.97. The van der Waals surface area contributed by atoms with E-state index in [-0.39, 0.29) is 12.3 Å². The molecule has 0 amide bonds. The molecule has 0 saturated carbocycles. The molecule has 1 N–H and O–H groups in total. The number of anilines is 1. The molecule has 108 valence electrons. The number of aliphatic carboxylic acids is 1. The van der Waals surface area contributed by atoms with Crippen molar-refractivity contribution in [1.82, 2.24) is 4.90 Å². The van der Waals surface area contributed by atoms with Gasteiger partial charge in [0.1, 0.15) is 0 Å². The van der Waals surface area contributed by atoms with Gasteiger partial charge in [0.25, 0.3) is 0 Å². The lowest BCUT2D eigenvalue weighted by Crippen LogP contribution is -2.44. The maximum absolute atomic E-state index is 10.9. The third-order valence-corrected chi connectivity index (χ3v) is 4.62. The number of nitrogens with zero attached hydrogens (tertiary/aromatic N) is 2. The van der Waals surface area contributed by atoms with Crippen LogP contribution in [-0.4, -0.2) is 49.2 Å². The summed E-state index contributed by atoms with van der Waals surface area (Å²) in [6.45, 7) is 4.37. The van der Waals surface area contributed by atoms with Gasteiger partial charge < -0.3 is 14.9 Å². The Hall–Kier alpha value is -1.55. The van der Waals surface area contributed by atoms with E-state index in [9.17, 15) is 4.79 Å². The zero-order chi connectivity index (χ0) is 14.1. The lowest BCUT2D eigenvalue weighted by Gasteiger charge is -2.34. The molecule has 4 nitrogen and oxygen atoms in total. The van der Waals surface area contributed by atoms with E-state index in [1.54, 1.807) is 0 Å². The Balaban J connectivity index is 1.75. The van der Waals surface area contributed by atoms with Crippen molar-refractivity contribution >= 4 is 11.7 Å². The molecule has 1 aliphatic heterocycles. The van der Waals surface area contributed by atoms with Crippen LogP contribution in [0.15, 0.2) is 18.2 Å². The largest absolute Gasteiger partial charge is 0.481 e. The summed E-state index contributed by atoms with van der Waals surface area (Å²) in [6, 6.07) is 6.61. The molecule has 0 bridgehead atoms. The molecule has 1 aromatic rings. The Morgan fingerprint density at radius 3 is 2.75 bits per heavy atom. The topological polar surface area (TPSA) is 43.8 Å². The highest BCUT2D eigenvalue weighted by Crippen LogP contribution is 2.37. The number of aryl methyl sites for hydroxylation is 1. The summed E-state index contributed by atoms with van der Waals surface area (Å²) in [5.74, 6) is -0.477. The normalized spacial score (nSPS) is 22.9. The summed E-state index contributed by atoms with van der Waals surface area (Å²) in [4.78, 5) is 15.7. The van der Waals surface area contributed by atoms with Gasteiger partial charge in [-0.1, -0.05) is 6.07 Å². The summed E-state index contributed by atoms with van der Waals surface area (Å²) in [6.07, 6.45) is 2.27. The van der Waals surface area contributed by atoms with Gasteiger partial charge in [0.05, 0.1) is 6.42 Å². The fourth-order valence-corrected chi connectivity index (χ4v) is 3.38. The van der Waals surface area contributed by atoms with Gasteiger partial charge in [-0.05, 0) is 49.1 Å². The molecule has 2 aliphatic rings. The van der Waals surface area contributed by atoms with Crippen LogP contribution in [0.4, 0.5) is 5.69 Å². The standard InChI is InChI=1S/C16H22N2O2/c1-17-6-8-18(9-7-17)14-4-5-15-12(10-14)2-3-13(15)11-16(19)20/h4-5,10,13H,2-3,6-9,11H2,1H3,(H,19,20). The molecule has 4 heteroatoms. The predicted octanol–water partition coefficient (Wildman–Crippen LogP) is 1.94. The minimum Gasteiger partial charge on any atom is -0.481 e. The van der Waals surface area contributed by atoms with Crippen LogP contribution in [0.1, 0.15) is 29.9 Å². The zero-order valence-corrected chi connectivity index (χ0v) is 12.0. The third kappa shape index (κ3) is 2.66. The minimum atomic E-state index is -0.689. The molecule has 1 fully saturated rings. The van der Waals surface area contributed by atoms with Crippen LogP contribution < -0.4 is 4.90 Å². The number of hydrogen-bond donors (Lipinski definition) is 1. The molecule has 0 aromatic heterocycles. The summed E-state index contributed by atoms with van der Waals surface area (Å²) in [5, 5.41) is 8.97. The molecule has 20 heavy (non-hydrogen) atoms. The molecule has 0 radical (unpaired) electrons. The molecule has 0 spiro atoms. The lowest BCUT2D eigenvalue weighted by molar-refractivity contribution is -0.137. The molecule has 1 aliphatic carbocycles. The molecule has 3 rings (SSSR count). The van der Waals surface area contributed by atoms with Crippen molar-refractivity contribution < 1.29 is 9.90 Å². The van der Waals surface area contributed by atoms with Crippen molar-refractivity contribution in [1.29, 1.82) is 0 Å². The molecular weight excluding hydrogens is 252 g/mol. The molecule has 1 saturated heterocycles. The Morgan fingerprint density at radius 2 is 2.05 bits per heavy atom. The van der Waals surface area contributed by atoms with Gasteiger partial charge >= 0.3 is 5.97 Å². The molecule has 1 unspecified atom stereocenters. The van der Waals surface area contributed by atoms with Gasteiger partial charge in [0, 0.05) is 31.9 Å².